The summed E-state index contributed by atoms with van der Waals surface area (Å²) in [4.78, 5) is 0. The van der Waals surface area contributed by atoms with E-state index in [2.05, 4.69) is 40.0 Å². The normalized spacial score (nSPS) is 21.3. The molecule has 2 rings (SSSR count). The van der Waals surface area contributed by atoms with Gasteiger partial charge in [-0.05, 0) is 60.2 Å². The lowest BCUT2D eigenvalue weighted by Gasteiger charge is -2.23. The van der Waals surface area contributed by atoms with Crippen LogP contribution in [0.1, 0.15) is 19.3 Å². The van der Waals surface area contributed by atoms with Crippen LogP contribution in [-0.2, 0) is 0 Å². The largest absolute Gasteiger partial charge is 0.492 e. The van der Waals surface area contributed by atoms with Crippen molar-refractivity contribution >= 4 is 22.6 Å². The summed E-state index contributed by atoms with van der Waals surface area (Å²) < 4.78 is 6.98. The smallest absolute Gasteiger partial charge is 0.120 e. The maximum Gasteiger partial charge on any atom is 0.120 e. The van der Waals surface area contributed by atoms with Gasteiger partial charge in [-0.15, -0.1) is 0 Å². The van der Waals surface area contributed by atoms with E-state index >= 15 is 0 Å². The molecule has 1 unspecified atom stereocenters. The van der Waals surface area contributed by atoms with Gasteiger partial charge >= 0.3 is 0 Å². The summed E-state index contributed by atoms with van der Waals surface area (Å²) in [5, 5.41) is 3.48. The van der Waals surface area contributed by atoms with Crippen molar-refractivity contribution in [1.82, 2.24) is 5.32 Å². The number of halogens is 1. The van der Waals surface area contributed by atoms with E-state index in [0.717, 1.165) is 18.9 Å². The van der Waals surface area contributed by atoms with Crippen LogP contribution in [-0.4, -0.2) is 19.2 Å². The SMILES string of the molecule is Ic1cccc(OCC2CCCCN2)c1. The zero-order valence-electron chi connectivity index (χ0n) is 8.71. The maximum absolute atomic E-state index is 5.76. The third kappa shape index (κ3) is 3.65. The predicted molar refractivity (Wildman–Crippen MR) is 70.3 cm³/mol. The first-order valence-corrected chi connectivity index (χ1v) is 6.54. The quantitative estimate of drug-likeness (QED) is 0.866. The lowest BCUT2D eigenvalue weighted by molar-refractivity contribution is 0.239. The minimum Gasteiger partial charge on any atom is -0.492 e. The average Bonchev–Trinajstić information content (AvgIpc) is 2.28. The van der Waals surface area contributed by atoms with Crippen LogP contribution in [0.3, 0.4) is 0 Å². The van der Waals surface area contributed by atoms with Crippen molar-refractivity contribution in [1.29, 1.82) is 0 Å². The van der Waals surface area contributed by atoms with Crippen molar-refractivity contribution in [2.75, 3.05) is 13.2 Å². The minimum absolute atomic E-state index is 0.539. The predicted octanol–water partition coefficient (Wildman–Crippen LogP) is 2.81. The first-order chi connectivity index (χ1) is 7.34. The van der Waals surface area contributed by atoms with Crippen LogP contribution in [0.15, 0.2) is 24.3 Å². The number of hydrogen-bond donors (Lipinski definition) is 1. The van der Waals surface area contributed by atoms with Crippen molar-refractivity contribution in [3.8, 4) is 5.75 Å². The summed E-state index contributed by atoms with van der Waals surface area (Å²) >= 11 is 2.30. The summed E-state index contributed by atoms with van der Waals surface area (Å²) in [7, 11) is 0. The molecule has 82 valence electrons. The molecule has 1 fully saturated rings. The van der Waals surface area contributed by atoms with Gasteiger partial charge in [-0.25, -0.2) is 0 Å². The Balaban J connectivity index is 1.81. The first-order valence-electron chi connectivity index (χ1n) is 5.46. The molecule has 0 aromatic heterocycles. The van der Waals surface area contributed by atoms with Gasteiger partial charge in [0.1, 0.15) is 12.4 Å². The molecule has 15 heavy (non-hydrogen) atoms. The van der Waals surface area contributed by atoms with Crippen molar-refractivity contribution in [3.05, 3.63) is 27.8 Å². The summed E-state index contributed by atoms with van der Waals surface area (Å²) in [5.74, 6) is 0.981. The first kappa shape index (κ1) is 11.2. The monoisotopic (exact) mass is 317 g/mol. The van der Waals surface area contributed by atoms with E-state index in [1.165, 1.54) is 22.8 Å². The summed E-state index contributed by atoms with van der Waals surface area (Å²) in [6.07, 6.45) is 3.87. The molecule has 1 aromatic rings. The van der Waals surface area contributed by atoms with Crippen molar-refractivity contribution < 1.29 is 4.74 Å². The van der Waals surface area contributed by atoms with Crippen LogP contribution >= 0.6 is 22.6 Å². The lowest BCUT2D eigenvalue weighted by atomic mass is 10.1. The number of ether oxygens (including phenoxy) is 1. The van der Waals surface area contributed by atoms with Crippen LogP contribution in [0.4, 0.5) is 0 Å². The highest BCUT2D eigenvalue weighted by molar-refractivity contribution is 14.1. The molecular formula is C12H16INO. The summed E-state index contributed by atoms with van der Waals surface area (Å²) in [5.41, 5.74) is 0. The van der Waals surface area contributed by atoms with Crippen molar-refractivity contribution in [2.45, 2.75) is 25.3 Å². The fourth-order valence-electron chi connectivity index (χ4n) is 1.82. The maximum atomic E-state index is 5.76. The fourth-order valence-corrected chi connectivity index (χ4v) is 2.33. The molecule has 1 N–H and O–H groups in total. The third-order valence-electron chi connectivity index (χ3n) is 2.66. The van der Waals surface area contributed by atoms with E-state index in [4.69, 9.17) is 4.74 Å². The van der Waals surface area contributed by atoms with Gasteiger partial charge in [0.15, 0.2) is 0 Å². The molecule has 1 aliphatic heterocycles. The van der Waals surface area contributed by atoms with E-state index < -0.39 is 0 Å². The highest BCUT2D eigenvalue weighted by atomic mass is 127. The average molecular weight is 317 g/mol. The van der Waals surface area contributed by atoms with Gasteiger partial charge < -0.3 is 10.1 Å². The van der Waals surface area contributed by atoms with E-state index in [1.54, 1.807) is 0 Å². The van der Waals surface area contributed by atoms with E-state index in [9.17, 15) is 0 Å². The van der Waals surface area contributed by atoms with Gasteiger partial charge in [0, 0.05) is 9.61 Å². The van der Waals surface area contributed by atoms with E-state index in [0.29, 0.717) is 6.04 Å². The standard InChI is InChI=1S/C12H16INO/c13-10-4-3-6-12(8-10)15-9-11-5-1-2-7-14-11/h3-4,6,8,11,14H,1-2,5,7,9H2. The molecule has 1 atom stereocenters. The Hall–Kier alpha value is -0.290. The van der Waals surface area contributed by atoms with Crippen LogP contribution in [0.5, 0.6) is 5.75 Å². The minimum atomic E-state index is 0.539. The molecule has 1 heterocycles. The Morgan fingerprint density at radius 3 is 3.07 bits per heavy atom. The molecule has 0 radical (unpaired) electrons. The molecule has 1 aliphatic rings. The number of nitrogens with one attached hydrogen (secondary N) is 1. The number of hydrogen-bond acceptors (Lipinski definition) is 2. The Labute approximate surface area is 105 Å². The number of benzene rings is 1. The Morgan fingerprint density at radius 2 is 2.33 bits per heavy atom. The summed E-state index contributed by atoms with van der Waals surface area (Å²) in [6.45, 7) is 1.93. The number of piperidine rings is 1. The molecule has 2 nitrogen and oxygen atoms in total. The van der Waals surface area contributed by atoms with Gasteiger partial charge in [-0.1, -0.05) is 12.5 Å². The second kappa shape index (κ2) is 5.70. The van der Waals surface area contributed by atoms with Crippen LogP contribution in [0, 0.1) is 3.57 Å². The van der Waals surface area contributed by atoms with E-state index in [-0.39, 0.29) is 0 Å². The molecule has 1 saturated heterocycles. The fraction of sp³-hybridized carbons (Fsp3) is 0.500. The molecule has 0 saturated carbocycles. The zero-order valence-corrected chi connectivity index (χ0v) is 10.9. The Morgan fingerprint density at radius 1 is 1.40 bits per heavy atom. The second-order valence-electron chi connectivity index (χ2n) is 3.92. The zero-order chi connectivity index (χ0) is 10.5. The highest BCUT2D eigenvalue weighted by Gasteiger charge is 2.12. The lowest BCUT2D eigenvalue weighted by Crippen LogP contribution is -2.38. The highest BCUT2D eigenvalue weighted by Crippen LogP contribution is 2.16. The van der Waals surface area contributed by atoms with Gasteiger partial charge in [0.25, 0.3) is 0 Å². The van der Waals surface area contributed by atoms with Crippen LogP contribution < -0.4 is 10.1 Å². The molecule has 3 heteroatoms. The van der Waals surface area contributed by atoms with Crippen LogP contribution in [0.2, 0.25) is 0 Å². The van der Waals surface area contributed by atoms with Gasteiger partial charge in [-0.3, -0.25) is 0 Å². The van der Waals surface area contributed by atoms with Gasteiger partial charge in [-0.2, -0.15) is 0 Å². The Kier molecular flexibility index (Phi) is 4.26. The van der Waals surface area contributed by atoms with E-state index in [1.807, 2.05) is 12.1 Å². The van der Waals surface area contributed by atoms with Gasteiger partial charge in [0.05, 0.1) is 0 Å². The molecular weight excluding hydrogens is 301 g/mol. The summed E-state index contributed by atoms with van der Waals surface area (Å²) in [6, 6.07) is 8.74. The molecule has 0 aliphatic carbocycles. The van der Waals surface area contributed by atoms with Crippen LogP contribution in [0.25, 0.3) is 0 Å². The molecule has 0 amide bonds. The third-order valence-corrected chi connectivity index (χ3v) is 3.33. The van der Waals surface area contributed by atoms with Crippen molar-refractivity contribution in [2.24, 2.45) is 0 Å². The van der Waals surface area contributed by atoms with Crippen molar-refractivity contribution in [3.63, 3.8) is 0 Å². The Bertz CT molecular complexity index is 310. The second-order valence-corrected chi connectivity index (χ2v) is 5.16. The topological polar surface area (TPSA) is 21.3 Å². The number of rotatable bonds is 3. The molecule has 0 spiro atoms. The molecule has 0 bridgehead atoms. The van der Waals surface area contributed by atoms with Gasteiger partial charge in [0.2, 0.25) is 0 Å². The molecule has 1 aromatic carbocycles.